The number of pyridine rings is 1. The fourth-order valence-electron chi connectivity index (χ4n) is 2.98. The lowest BCUT2D eigenvalue weighted by molar-refractivity contribution is 0.0940. The number of benzene rings is 2. The van der Waals surface area contributed by atoms with Crippen LogP contribution in [0.2, 0.25) is 0 Å². The average Bonchev–Trinajstić information content (AvgIpc) is 3.33. The second kappa shape index (κ2) is 9.32. The van der Waals surface area contributed by atoms with E-state index in [0.717, 1.165) is 0 Å². The number of rotatable bonds is 7. The molecule has 4 aromatic rings. The third-order valence-corrected chi connectivity index (χ3v) is 5.33. The third kappa shape index (κ3) is 4.84. The van der Waals surface area contributed by atoms with Gasteiger partial charge >= 0.3 is 0 Å². The van der Waals surface area contributed by atoms with Gasteiger partial charge in [0, 0.05) is 29.9 Å². The monoisotopic (exact) mass is 432 g/mol. The highest BCUT2D eigenvalue weighted by Gasteiger charge is 2.19. The van der Waals surface area contributed by atoms with Crippen LogP contribution < -0.4 is 10.1 Å². The predicted octanol–water partition coefficient (Wildman–Crippen LogP) is 5.24. The number of thiophene rings is 1. The molecule has 0 unspecified atom stereocenters. The molecule has 1 amide bonds. The van der Waals surface area contributed by atoms with Gasteiger partial charge in [-0.2, -0.15) is 0 Å². The van der Waals surface area contributed by atoms with Crippen molar-refractivity contribution in [2.45, 2.75) is 6.54 Å². The lowest BCUT2D eigenvalue weighted by Gasteiger charge is -2.12. The summed E-state index contributed by atoms with van der Waals surface area (Å²) in [5, 5.41) is 4.63. The Morgan fingerprint density at radius 3 is 2.58 bits per heavy atom. The number of ether oxygens (including phenoxy) is 1. The minimum Gasteiger partial charge on any atom is -0.439 e. The van der Waals surface area contributed by atoms with Crippen LogP contribution in [-0.4, -0.2) is 16.7 Å². The van der Waals surface area contributed by atoms with Crippen molar-refractivity contribution < 1.29 is 18.7 Å². The van der Waals surface area contributed by atoms with Crippen LogP contribution in [-0.2, 0) is 6.54 Å². The van der Waals surface area contributed by atoms with Gasteiger partial charge in [-0.25, -0.2) is 9.37 Å². The summed E-state index contributed by atoms with van der Waals surface area (Å²) in [6.45, 7) is 0.124. The zero-order valence-electron chi connectivity index (χ0n) is 16.2. The van der Waals surface area contributed by atoms with Crippen molar-refractivity contribution in [2.24, 2.45) is 0 Å². The fraction of sp³-hybridized carbons (Fsp3) is 0.0417. The predicted molar refractivity (Wildman–Crippen MR) is 116 cm³/mol. The fourth-order valence-corrected chi connectivity index (χ4v) is 3.66. The molecule has 0 atom stereocenters. The van der Waals surface area contributed by atoms with Gasteiger partial charge in [0.05, 0.1) is 10.4 Å². The number of carbonyl (C=O) groups is 2. The molecule has 0 radical (unpaired) electrons. The van der Waals surface area contributed by atoms with E-state index in [9.17, 15) is 14.0 Å². The number of ketones is 1. The van der Waals surface area contributed by atoms with Gasteiger partial charge in [-0.15, -0.1) is 11.3 Å². The van der Waals surface area contributed by atoms with Gasteiger partial charge in [-0.05, 0) is 35.7 Å². The Balaban J connectivity index is 1.51. The summed E-state index contributed by atoms with van der Waals surface area (Å²) in [6, 6.07) is 19.4. The Hall–Kier alpha value is -3.84. The van der Waals surface area contributed by atoms with Gasteiger partial charge in [0.1, 0.15) is 11.6 Å². The Morgan fingerprint density at radius 1 is 0.968 bits per heavy atom. The highest BCUT2D eigenvalue weighted by molar-refractivity contribution is 7.12. The molecule has 0 aliphatic heterocycles. The normalized spacial score (nSPS) is 10.5. The lowest BCUT2D eigenvalue weighted by atomic mass is 10.0. The van der Waals surface area contributed by atoms with Gasteiger partial charge in [-0.3, -0.25) is 9.59 Å². The van der Waals surface area contributed by atoms with Crippen LogP contribution >= 0.6 is 11.3 Å². The van der Waals surface area contributed by atoms with Crippen molar-refractivity contribution in [2.75, 3.05) is 0 Å². The standard InChI is InChI=1S/C24H17FN2O3S/c25-17-7-3-8-18(14-17)30-24-16(6-4-12-26-24)15-27-23(29)20-10-2-1-9-19(20)22(28)21-11-5-13-31-21/h1-14H,15H2,(H,27,29). The van der Waals surface area contributed by atoms with Crippen LogP contribution in [0.5, 0.6) is 11.6 Å². The minimum atomic E-state index is -0.421. The van der Waals surface area contributed by atoms with Crippen molar-refractivity contribution >= 4 is 23.0 Å². The average molecular weight is 432 g/mol. The molecule has 0 saturated carbocycles. The summed E-state index contributed by atoms with van der Waals surface area (Å²) in [5.74, 6) is -0.442. The topological polar surface area (TPSA) is 68.3 Å². The third-order valence-electron chi connectivity index (χ3n) is 4.46. The van der Waals surface area contributed by atoms with Crippen LogP contribution in [0, 0.1) is 5.82 Å². The number of carbonyl (C=O) groups excluding carboxylic acids is 2. The molecule has 2 aromatic heterocycles. The molecule has 31 heavy (non-hydrogen) atoms. The summed E-state index contributed by atoms with van der Waals surface area (Å²) in [5.41, 5.74) is 1.24. The van der Waals surface area contributed by atoms with Crippen LogP contribution in [0.1, 0.15) is 31.2 Å². The molecule has 154 valence electrons. The summed E-state index contributed by atoms with van der Waals surface area (Å²) in [6.07, 6.45) is 1.55. The van der Waals surface area contributed by atoms with Crippen molar-refractivity contribution in [1.29, 1.82) is 0 Å². The Morgan fingerprint density at radius 2 is 1.81 bits per heavy atom. The molecule has 0 aliphatic carbocycles. The van der Waals surface area contributed by atoms with E-state index in [-0.39, 0.29) is 29.7 Å². The molecule has 1 N–H and O–H groups in total. The minimum absolute atomic E-state index is 0.124. The summed E-state index contributed by atoms with van der Waals surface area (Å²) < 4.78 is 19.1. The zero-order chi connectivity index (χ0) is 21.6. The number of nitrogens with one attached hydrogen (secondary N) is 1. The maximum atomic E-state index is 13.4. The van der Waals surface area contributed by atoms with E-state index in [1.54, 1.807) is 60.8 Å². The largest absolute Gasteiger partial charge is 0.439 e. The molecule has 0 spiro atoms. The molecular weight excluding hydrogens is 415 g/mol. The zero-order valence-corrected chi connectivity index (χ0v) is 17.1. The summed E-state index contributed by atoms with van der Waals surface area (Å²) >= 11 is 1.33. The number of nitrogens with zero attached hydrogens (tertiary/aromatic N) is 1. The number of hydrogen-bond donors (Lipinski definition) is 1. The molecule has 2 aromatic carbocycles. The van der Waals surface area contributed by atoms with E-state index in [4.69, 9.17) is 4.74 Å². The highest BCUT2D eigenvalue weighted by atomic mass is 32.1. The summed E-state index contributed by atoms with van der Waals surface area (Å²) in [7, 11) is 0. The number of hydrogen-bond acceptors (Lipinski definition) is 5. The van der Waals surface area contributed by atoms with Crippen LogP contribution in [0.4, 0.5) is 4.39 Å². The van der Waals surface area contributed by atoms with Crippen LogP contribution in [0.3, 0.4) is 0 Å². The first-order valence-corrected chi connectivity index (χ1v) is 10.3. The first-order chi connectivity index (χ1) is 15.1. The Bertz CT molecular complexity index is 1220. The molecule has 4 rings (SSSR count). The van der Waals surface area contributed by atoms with E-state index in [1.165, 1.54) is 29.5 Å². The number of aromatic nitrogens is 1. The lowest BCUT2D eigenvalue weighted by Crippen LogP contribution is -2.25. The van der Waals surface area contributed by atoms with E-state index in [2.05, 4.69) is 10.3 Å². The van der Waals surface area contributed by atoms with Gasteiger partial charge in [0.2, 0.25) is 11.7 Å². The molecular formula is C24H17FN2O3S. The second-order valence-corrected chi connectivity index (χ2v) is 7.51. The molecule has 0 fully saturated rings. The summed E-state index contributed by atoms with van der Waals surface area (Å²) in [4.78, 5) is 30.4. The van der Waals surface area contributed by atoms with Gasteiger partial charge in [0.25, 0.3) is 5.91 Å². The van der Waals surface area contributed by atoms with Crippen molar-refractivity contribution in [3.05, 3.63) is 112 Å². The van der Waals surface area contributed by atoms with Gasteiger partial charge in [-0.1, -0.05) is 36.4 Å². The van der Waals surface area contributed by atoms with Gasteiger partial charge < -0.3 is 10.1 Å². The van der Waals surface area contributed by atoms with Crippen molar-refractivity contribution in [3.8, 4) is 11.6 Å². The van der Waals surface area contributed by atoms with Crippen LogP contribution in [0.25, 0.3) is 0 Å². The second-order valence-electron chi connectivity index (χ2n) is 6.56. The molecule has 0 saturated heterocycles. The molecule has 2 heterocycles. The van der Waals surface area contributed by atoms with Gasteiger partial charge in [0.15, 0.2) is 0 Å². The van der Waals surface area contributed by atoms with E-state index in [0.29, 0.717) is 21.8 Å². The first kappa shape index (κ1) is 20.4. The SMILES string of the molecule is O=C(NCc1cccnc1Oc1cccc(F)c1)c1ccccc1C(=O)c1cccs1. The molecule has 5 nitrogen and oxygen atoms in total. The number of halogens is 1. The van der Waals surface area contributed by atoms with Crippen LogP contribution in [0.15, 0.2) is 84.4 Å². The Labute approximate surface area is 182 Å². The van der Waals surface area contributed by atoms with Crippen molar-refractivity contribution in [1.82, 2.24) is 10.3 Å². The molecule has 7 heteroatoms. The molecule has 0 bridgehead atoms. The smallest absolute Gasteiger partial charge is 0.252 e. The van der Waals surface area contributed by atoms with E-state index in [1.807, 2.05) is 5.38 Å². The quantitative estimate of drug-likeness (QED) is 0.406. The van der Waals surface area contributed by atoms with E-state index >= 15 is 0 Å². The highest BCUT2D eigenvalue weighted by Crippen LogP contribution is 2.24. The number of amides is 1. The Kier molecular flexibility index (Phi) is 6.14. The van der Waals surface area contributed by atoms with Crippen molar-refractivity contribution in [3.63, 3.8) is 0 Å². The van der Waals surface area contributed by atoms with E-state index < -0.39 is 5.82 Å². The maximum Gasteiger partial charge on any atom is 0.252 e. The maximum absolute atomic E-state index is 13.4. The first-order valence-electron chi connectivity index (χ1n) is 9.44. The molecule has 0 aliphatic rings.